The first-order chi connectivity index (χ1) is 15.1. The monoisotopic (exact) mass is 479 g/mol. The molecule has 0 heterocycles. The van der Waals surface area contributed by atoms with E-state index in [-0.39, 0.29) is 18.4 Å². The molecule has 0 aliphatic heterocycles. The molecule has 3 rings (SSSR count). The third-order valence-electron chi connectivity index (χ3n) is 4.31. The zero-order chi connectivity index (χ0) is 21.9. The van der Waals surface area contributed by atoms with Gasteiger partial charge in [0.1, 0.15) is 5.75 Å². The number of nitrogens with one attached hydrogen (secondary N) is 2. The number of nitrogens with zero attached hydrogens (tertiary/aromatic N) is 1. The Bertz CT molecular complexity index is 1020. The summed E-state index contributed by atoms with van der Waals surface area (Å²) in [5.74, 6) is 0.119. The van der Waals surface area contributed by atoms with Gasteiger partial charge in [0, 0.05) is 16.6 Å². The van der Waals surface area contributed by atoms with E-state index in [9.17, 15) is 9.59 Å². The van der Waals surface area contributed by atoms with Gasteiger partial charge in [0.05, 0.1) is 6.21 Å². The summed E-state index contributed by atoms with van der Waals surface area (Å²) in [6, 6.07) is 24.0. The summed E-state index contributed by atoms with van der Waals surface area (Å²) in [4.78, 5) is 23.9. The van der Waals surface area contributed by atoms with Crippen molar-refractivity contribution in [3.05, 3.63) is 100 Å². The number of amides is 2. The minimum Gasteiger partial charge on any atom is -0.484 e. The van der Waals surface area contributed by atoms with E-state index in [0.29, 0.717) is 17.9 Å². The number of halogens is 1. The Morgan fingerprint density at radius 2 is 1.65 bits per heavy atom. The summed E-state index contributed by atoms with van der Waals surface area (Å²) >= 11 is 3.33. The Hall–Kier alpha value is -3.45. The van der Waals surface area contributed by atoms with Gasteiger partial charge in [-0.1, -0.05) is 46.3 Å². The lowest BCUT2D eigenvalue weighted by Crippen LogP contribution is -2.30. The normalized spacial score (nSPS) is 10.6. The number of hydrogen-bond acceptors (Lipinski definition) is 4. The molecule has 0 saturated carbocycles. The standard InChI is InChI=1S/C24H22BrN3O3/c25-21-10-8-20(9-11-21)24(30)28-27-16-19-6-12-22(13-7-19)31-17-23(29)26-15-14-18-4-2-1-3-5-18/h1-13,16H,14-15,17H2,(H,26,29)(H,28,30)/b27-16-. The molecule has 2 amide bonds. The molecule has 3 aromatic carbocycles. The van der Waals surface area contributed by atoms with E-state index in [0.717, 1.165) is 16.5 Å². The van der Waals surface area contributed by atoms with E-state index in [1.807, 2.05) is 30.3 Å². The molecule has 3 aromatic rings. The van der Waals surface area contributed by atoms with Gasteiger partial charge < -0.3 is 10.1 Å². The lowest BCUT2D eigenvalue weighted by atomic mass is 10.1. The Labute approximate surface area is 189 Å². The van der Waals surface area contributed by atoms with Crippen molar-refractivity contribution in [1.29, 1.82) is 0 Å². The van der Waals surface area contributed by atoms with Crippen LogP contribution in [0.25, 0.3) is 0 Å². The first-order valence-electron chi connectivity index (χ1n) is 9.72. The minimum atomic E-state index is -0.290. The Kier molecular flexibility index (Phi) is 8.37. The highest BCUT2D eigenvalue weighted by Gasteiger charge is 2.04. The van der Waals surface area contributed by atoms with Crippen molar-refractivity contribution in [3.8, 4) is 5.75 Å². The summed E-state index contributed by atoms with van der Waals surface area (Å²) < 4.78 is 6.41. The second kappa shape index (κ2) is 11.7. The number of hydrogen-bond donors (Lipinski definition) is 2. The highest BCUT2D eigenvalue weighted by Crippen LogP contribution is 2.12. The van der Waals surface area contributed by atoms with Gasteiger partial charge >= 0.3 is 0 Å². The highest BCUT2D eigenvalue weighted by molar-refractivity contribution is 9.10. The average Bonchev–Trinajstić information content (AvgIpc) is 2.79. The molecule has 31 heavy (non-hydrogen) atoms. The summed E-state index contributed by atoms with van der Waals surface area (Å²) in [5, 5.41) is 6.80. The first kappa shape index (κ1) is 22.2. The van der Waals surface area contributed by atoms with Gasteiger partial charge in [0.15, 0.2) is 6.61 Å². The molecular formula is C24H22BrN3O3. The van der Waals surface area contributed by atoms with E-state index in [1.165, 1.54) is 11.8 Å². The molecular weight excluding hydrogens is 458 g/mol. The Morgan fingerprint density at radius 1 is 0.935 bits per heavy atom. The van der Waals surface area contributed by atoms with Crippen molar-refractivity contribution in [2.75, 3.05) is 13.2 Å². The molecule has 6 nitrogen and oxygen atoms in total. The van der Waals surface area contributed by atoms with Crippen LogP contribution < -0.4 is 15.5 Å². The third kappa shape index (κ3) is 7.71. The molecule has 0 saturated heterocycles. The van der Waals surface area contributed by atoms with Crippen LogP contribution in [-0.2, 0) is 11.2 Å². The van der Waals surface area contributed by atoms with Gasteiger partial charge in [-0.05, 0) is 66.1 Å². The summed E-state index contributed by atoms with van der Waals surface area (Å²) in [5.41, 5.74) is 4.97. The molecule has 2 N–H and O–H groups in total. The minimum absolute atomic E-state index is 0.0501. The smallest absolute Gasteiger partial charge is 0.271 e. The van der Waals surface area contributed by atoms with E-state index >= 15 is 0 Å². The predicted octanol–water partition coefficient (Wildman–Crippen LogP) is 3.95. The molecule has 0 fully saturated rings. The summed E-state index contributed by atoms with van der Waals surface area (Å²) in [7, 11) is 0. The molecule has 0 bridgehead atoms. The largest absolute Gasteiger partial charge is 0.484 e. The van der Waals surface area contributed by atoms with Crippen molar-refractivity contribution in [3.63, 3.8) is 0 Å². The van der Waals surface area contributed by atoms with Crippen molar-refractivity contribution >= 4 is 34.0 Å². The van der Waals surface area contributed by atoms with Crippen LogP contribution in [0.4, 0.5) is 0 Å². The molecule has 0 spiro atoms. The lowest BCUT2D eigenvalue weighted by Gasteiger charge is -2.08. The number of ether oxygens (including phenoxy) is 1. The molecule has 158 valence electrons. The number of rotatable bonds is 9. The summed E-state index contributed by atoms with van der Waals surface area (Å²) in [6.07, 6.45) is 2.32. The predicted molar refractivity (Wildman–Crippen MR) is 124 cm³/mol. The second-order valence-electron chi connectivity index (χ2n) is 6.65. The van der Waals surface area contributed by atoms with Crippen LogP contribution in [-0.4, -0.2) is 31.2 Å². The van der Waals surface area contributed by atoms with E-state index in [1.54, 1.807) is 48.5 Å². The van der Waals surface area contributed by atoms with E-state index in [4.69, 9.17) is 4.74 Å². The maximum Gasteiger partial charge on any atom is 0.271 e. The number of carbonyl (C=O) groups is 2. The van der Waals surface area contributed by atoms with Crippen molar-refractivity contribution in [1.82, 2.24) is 10.7 Å². The van der Waals surface area contributed by atoms with Crippen LogP contribution in [0.5, 0.6) is 5.75 Å². The van der Waals surface area contributed by atoms with Crippen LogP contribution >= 0.6 is 15.9 Å². The van der Waals surface area contributed by atoms with Gasteiger partial charge in [-0.25, -0.2) is 5.43 Å². The maximum absolute atomic E-state index is 12.0. The van der Waals surface area contributed by atoms with Crippen LogP contribution in [0.2, 0.25) is 0 Å². The zero-order valence-electron chi connectivity index (χ0n) is 16.8. The fourth-order valence-electron chi connectivity index (χ4n) is 2.67. The van der Waals surface area contributed by atoms with E-state index < -0.39 is 0 Å². The molecule has 0 aliphatic rings. The Morgan fingerprint density at radius 3 is 2.35 bits per heavy atom. The van der Waals surface area contributed by atoms with Gasteiger partial charge in [-0.15, -0.1) is 0 Å². The SMILES string of the molecule is O=C(COc1ccc(/C=N\NC(=O)c2ccc(Br)cc2)cc1)NCCc1ccccc1. The average molecular weight is 480 g/mol. The van der Waals surface area contributed by atoms with Crippen LogP contribution in [0, 0.1) is 0 Å². The second-order valence-corrected chi connectivity index (χ2v) is 7.56. The first-order valence-corrected chi connectivity index (χ1v) is 10.5. The number of carbonyl (C=O) groups excluding carboxylic acids is 2. The van der Waals surface area contributed by atoms with Gasteiger partial charge in [0.25, 0.3) is 11.8 Å². The van der Waals surface area contributed by atoms with Crippen LogP contribution in [0.1, 0.15) is 21.5 Å². The van der Waals surface area contributed by atoms with Gasteiger partial charge in [-0.2, -0.15) is 5.10 Å². The number of benzene rings is 3. The molecule has 0 aromatic heterocycles. The summed E-state index contributed by atoms with van der Waals surface area (Å²) in [6.45, 7) is 0.513. The molecule has 7 heteroatoms. The van der Waals surface area contributed by atoms with Crippen molar-refractivity contribution in [2.24, 2.45) is 5.10 Å². The lowest BCUT2D eigenvalue weighted by molar-refractivity contribution is -0.123. The van der Waals surface area contributed by atoms with Crippen molar-refractivity contribution in [2.45, 2.75) is 6.42 Å². The number of hydrazone groups is 1. The van der Waals surface area contributed by atoms with Crippen molar-refractivity contribution < 1.29 is 14.3 Å². The van der Waals surface area contributed by atoms with Crippen LogP contribution in [0.15, 0.2) is 88.4 Å². The van der Waals surface area contributed by atoms with Gasteiger partial charge in [0.2, 0.25) is 0 Å². The molecule has 0 atom stereocenters. The fourth-order valence-corrected chi connectivity index (χ4v) is 2.94. The zero-order valence-corrected chi connectivity index (χ0v) is 18.3. The van der Waals surface area contributed by atoms with E-state index in [2.05, 4.69) is 31.8 Å². The molecule has 0 radical (unpaired) electrons. The Balaban J connectivity index is 1.38. The quantitative estimate of drug-likeness (QED) is 0.360. The molecule has 0 unspecified atom stereocenters. The van der Waals surface area contributed by atoms with Gasteiger partial charge in [-0.3, -0.25) is 9.59 Å². The highest BCUT2D eigenvalue weighted by atomic mass is 79.9. The van der Waals surface area contributed by atoms with Crippen LogP contribution in [0.3, 0.4) is 0 Å². The molecule has 0 aliphatic carbocycles. The third-order valence-corrected chi connectivity index (χ3v) is 4.84. The maximum atomic E-state index is 12.0. The topological polar surface area (TPSA) is 79.8 Å². The fraction of sp³-hybridized carbons (Fsp3) is 0.125.